The quantitative estimate of drug-likeness (QED) is 0.566. The van der Waals surface area contributed by atoms with E-state index < -0.39 is 0 Å². The van der Waals surface area contributed by atoms with E-state index in [1.807, 2.05) is 53.4 Å². The average Bonchev–Trinajstić information content (AvgIpc) is 3.24. The van der Waals surface area contributed by atoms with E-state index in [1.54, 1.807) is 13.3 Å². The molecule has 2 heterocycles. The highest BCUT2D eigenvalue weighted by Crippen LogP contribution is 2.29. The fourth-order valence-electron chi connectivity index (χ4n) is 3.95. The summed E-state index contributed by atoms with van der Waals surface area (Å²) in [6.45, 7) is 1.39. The standard InChI is InChI=1S/C24H25ClN2O3/c1-29-22-11-5-3-8-18(22)14-23(28)27-12-6-9-19(16-27)24-26-15-20(30-24)13-17-7-2-4-10-21(17)25/h2-5,7-8,10-11,15,19H,6,9,12-14,16H2,1H3/t19-/m0/s1. The molecule has 0 bridgehead atoms. The second kappa shape index (κ2) is 9.35. The van der Waals surface area contributed by atoms with Gasteiger partial charge in [-0.05, 0) is 30.5 Å². The lowest BCUT2D eigenvalue weighted by molar-refractivity contribution is -0.131. The van der Waals surface area contributed by atoms with Crippen molar-refractivity contribution in [2.75, 3.05) is 20.2 Å². The summed E-state index contributed by atoms with van der Waals surface area (Å²) in [5.74, 6) is 2.45. The summed E-state index contributed by atoms with van der Waals surface area (Å²) < 4.78 is 11.4. The van der Waals surface area contributed by atoms with Gasteiger partial charge in [0.25, 0.3) is 0 Å². The van der Waals surface area contributed by atoms with Crippen molar-refractivity contribution in [3.8, 4) is 5.75 Å². The monoisotopic (exact) mass is 424 g/mol. The number of amides is 1. The van der Waals surface area contributed by atoms with Gasteiger partial charge in [0.05, 0.1) is 25.6 Å². The fraction of sp³-hybridized carbons (Fsp3) is 0.333. The summed E-state index contributed by atoms with van der Waals surface area (Å²) in [5.41, 5.74) is 1.92. The zero-order valence-electron chi connectivity index (χ0n) is 17.0. The van der Waals surface area contributed by atoms with E-state index >= 15 is 0 Å². The zero-order chi connectivity index (χ0) is 20.9. The van der Waals surface area contributed by atoms with Crippen molar-refractivity contribution in [3.05, 3.63) is 82.5 Å². The second-order valence-corrected chi connectivity index (χ2v) is 8.01. The van der Waals surface area contributed by atoms with Crippen molar-refractivity contribution in [1.29, 1.82) is 0 Å². The van der Waals surface area contributed by atoms with Crippen LogP contribution in [0.3, 0.4) is 0 Å². The van der Waals surface area contributed by atoms with Gasteiger partial charge in [-0.2, -0.15) is 0 Å². The largest absolute Gasteiger partial charge is 0.496 e. The van der Waals surface area contributed by atoms with Gasteiger partial charge in [-0.15, -0.1) is 0 Å². The topological polar surface area (TPSA) is 55.6 Å². The Bertz CT molecular complexity index is 1020. The lowest BCUT2D eigenvalue weighted by Crippen LogP contribution is -2.40. The minimum absolute atomic E-state index is 0.104. The van der Waals surface area contributed by atoms with E-state index in [4.69, 9.17) is 20.8 Å². The van der Waals surface area contributed by atoms with Gasteiger partial charge in [-0.25, -0.2) is 4.98 Å². The van der Waals surface area contributed by atoms with Gasteiger partial charge in [0.15, 0.2) is 5.89 Å². The van der Waals surface area contributed by atoms with Gasteiger partial charge < -0.3 is 14.1 Å². The Kier molecular flexibility index (Phi) is 6.38. The van der Waals surface area contributed by atoms with Crippen LogP contribution in [0.2, 0.25) is 5.02 Å². The lowest BCUT2D eigenvalue weighted by Gasteiger charge is -2.31. The van der Waals surface area contributed by atoms with Crippen LogP contribution >= 0.6 is 11.6 Å². The average molecular weight is 425 g/mol. The van der Waals surface area contributed by atoms with E-state index in [-0.39, 0.29) is 11.8 Å². The number of aromatic nitrogens is 1. The molecule has 1 aromatic heterocycles. The molecule has 3 aromatic rings. The van der Waals surface area contributed by atoms with Crippen LogP contribution in [0.1, 0.15) is 41.5 Å². The van der Waals surface area contributed by atoms with Crippen molar-refractivity contribution in [2.24, 2.45) is 0 Å². The summed E-state index contributed by atoms with van der Waals surface area (Å²) in [5, 5.41) is 0.723. The molecule has 0 N–H and O–H groups in total. The SMILES string of the molecule is COc1ccccc1CC(=O)N1CCC[C@H](c2ncc(Cc3ccccc3Cl)o2)C1. The smallest absolute Gasteiger partial charge is 0.227 e. The molecule has 30 heavy (non-hydrogen) atoms. The predicted octanol–water partition coefficient (Wildman–Crippen LogP) is 4.88. The normalized spacial score (nSPS) is 16.5. The third kappa shape index (κ3) is 4.68. The molecule has 1 atom stereocenters. The van der Waals surface area contributed by atoms with Gasteiger partial charge in [0.1, 0.15) is 11.5 Å². The van der Waals surface area contributed by atoms with E-state index in [1.165, 1.54) is 0 Å². The van der Waals surface area contributed by atoms with Gasteiger partial charge in [0, 0.05) is 30.1 Å². The molecule has 2 aromatic carbocycles. The van der Waals surface area contributed by atoms with Crippen LogP contribution in [0, 0.1) is 0 Å². The number of benzene rings is 2. The maximum atomic E-state index is 12.9. The first-order valence-electron chi connectivity index (χ1n) is 10.2. The maximum absolute atomic E-state index is 12.9. The molecule has 156 valence electrons. The molecule has 1 aliphatic rings. The Morgan fingerprint density at radius 2 is 1.97 bits per heavy atom. The van der Waals surface area contributed by atoms with Crippen LogP contribution in [0.15, 0.2) is 59.1 Å². The summed E-state index contributed by atoms with van der Waals surface area (Å²) in [6.07, 6.45) is 4.61. The molecule has 0 aliphatic carbocycles. The minimum Gasteiger partial charge on any atom is -0.496 e. The van der Waals surface area contributed by atoms with Gasteiger partial charge >= 0.3 is 0 Å². The highest BCUT2D eigenvalue weighted by molar-refractivity contribution is 6.31. The Morgan fingerprint density at radius 1 is 1.20 bits per heavy atom. The molecule has 1 fully saturated rings. The number of likely N-dealkylation sites (tertiary alicyclic amines) is 1. The Labute approximate surface area is 181 Å². The molecule has 1 saturated heterocycles. The molecule has 1 amide bonds. The molecule has 0 spiro atoms. The van der Waals surface area contributed by atoms with Crippen LogP contribution in [-0.2, 0) is 17.6 Å². The number of piperidine rings is 1. The van der Waals surface area contributed by atoms with Gasteiger partial charge in [0.2, 0.25) is 5.91 Å². The van der Waals surface area contributed by atoms with Crippen LogP contribution < -0.4 is 4.74 Å². The predicted molar refractivity (Wildman–Crippen MR) is 116 cm³/mol. The van der Waals surface area contributed by atoms with E-state index in [2.05, 4.69) is 4.98 Å². The maximum Gasteiger partial charge on any atom is 0.227 e. The highest BCUT2D eigenvalue weighted by Gasteiger charge is 2.28. The number of carbonyl (C=O) groups excluding carboxylic acids is 1. The minimum atomic E-state index is 0.104. The first-order valence-corrected chi connectivity index (χ1v) is 10.6. The number of carbonyl (C=O) groups is 1. The van der Waals surface area contributed by atoms with Gasteiger partial charge in [-0.1, -0.05) is 48.0 Å². The summed E-state index contributed by atoms with van der Waals surface area (Å²) in [6, 6.07) is 15.4. The number of oxazole rings is 1. The Hall–Kier alpha value is -2.79. The third-order valence-corrected chi connectivity index (χ3v) is 5.92. The molecule has 4 rings (SSSR count). The van der Waals surface area contributed by atoms with E-state index in [0.717, 1.165) is 47.0 Å². The van der Waals surface area contributed by atoms with Crippen molar-refractivity contribution >= 4 is 17.5 Å². The second-order valence-electron chi connectivity index (χ2n) is 7.60. The number of ether oxygens (including phenoxy) is 1. The van der Waals surface area contributed by atoms with Crippen LogP contribution in [0.5, 0.6) is 5.75 Å². The summed E-state index contributed by atoms with van der Waals surface area (Å²) in [4.78, 5) is 19.3. The number of hydrogen-bond donors (Lipinski definition) is 0. The van der Waals surface area contributed by atoms with Crippen molar-refractivity contribution < 1.29 is 13.9 Å². The number of methoxy groups -OCH3 is 1. The molecule has 6 heteroatoms. The van der Waals surface area contributed by atoms with Gasteiger partial charge in [-0.3, -0.25) is 4.79 Å². The molecule has 1 aliphatic heterocycles. The lowest BCUT2D eigenvalue weighted by atomic mass is 9.97. The first-order chi connectivity index (χ1) is 14.6. The number of para-hydroxylation sites is 1. The number of halogens is 1. The van der Waals surface area contributed by atoms with Crippen molar-refractivity contribution in [1.82, 2.24) is 9.88 Å². The summed E-state index contributed by atoms with van der Waals surface area (Å²) >= 11 is 6.26. The first kappa shape index (κ1) is 20.5. The van der Waals surface area contributed by atoms with Crippen LogP contribution in [0.4, 0.5) is 0 Å². The molecule has 0 saturated carbocycles. The van der Waals surface area contributed by atoms with Crippen molar-refractivity contribution in [3.63, 3.8) is 0 Å². The number of nitrogens with zero attached hydrogens (tertiary/aromatic N) is 2. The van der Waals surface area contributed by atoms with Crippen LogP contribution in [0.25, 0.3) is 0 Å². The highest BCUT2D eigenvalue weighted by atomic mass is 35.5. The molecule has 0 unspecified atom stereocenters. The van der Waals surface area contributed by atoms with E-state index in [0.29, 0.717) is 25.3 Å². The zero-order valence-corrected chi connectivity index (χ0v) is 17.8. The molecular formula is C24H25ClN2O3. The third-order valence-electron chi connectivity index (χ3n) is 5.55. The Morgan fingerprint density at radius 3 is 2.77 bits per heavy atom. The summed E-state index contributed by atoms with van der Waals surface area (Å²) in [7, 11) is 1.63. The van der Waals surface area contributed by atoms with Crippen LogP contribution in [-0.4, -0.2) is 36.0 Å². The number of hydrogen-bond acceptors (Lipinski definition) is 4. The molecular weight excluding hydrogens is 400 g/mol. The number of rotatable bonds is 6. The van der Waals surface area contributed by atoms with E-state index in [9.17, 15) is 4.79 Å². The fourth-order valence-corrected chi connectivity index (χ4v) is 4.15. The molecule has 0 radical (unpaired) electrons. The van der Waals surface area contributed by atoms with Crippen molar-refractivity contribution in [2.45, 2.75) is 31.6 Å². The molecule has 5 nitrogen and oxygen atoms in total. The Balaban J connectivity index is 1.41.